The third-order valence-corrected chi connectivity index (χ3v) is 6.65. The highest BCUT2D eigenvalue weighted by Crippen LogP contribution is 2.35. The van der Waals surface area contributed by atoms with Crippen LogP contribution in [0.4, 0.5) is 0 Å². The maximum absolute atomic E-state index is 11.6. The van der Waals surface area contributed by atoms with E-state index >= 15 is 0 Å². The van der Waals surface area contributed by atoms with Gasteiger partial charge in [0, 0.05) is 21.1 Å². The molecule has 0 aliphatic carbocycles. The Labute approximate surface area is 157 Å². The van der Waals surface area contributed by atoms with Gasteiger partial charge in [-0.25, -0.2) is 0 Å². The van der Waals surface area contributed by atoms with Crippen LogP contribution in [0.1, 0.15) is 13.3 Å². The second kappa shape index (κ2) is 13.2. The van der Waals surface area contributed by atoms with Gasteiger partial charge in [0.1, 0.15) is 31.9 Å². The zero-order valence-corrected chi connectivity index (χ0v) is 16.5. The number of carbonyl (C=O) groups is 1. The number of aliphatic hydroxyl groups is 2. The van der Waals surface area contributed by atoms with E-state index in [1.165, 1.54) is 21.1 Å². The fourth-order valence-electron chi connectivity index (χ4n) is 2.45. The van der Waals surface area contributed by atoms with Crippen LogP contribution in [0.3, 0.4) is 0 Å². The molecule has 1 heterocycles. The zero-order chi connectivity index (χ0) is 18.7. The fourth-order valence-corrected chi connectivity index (χ4v) is 5.55. The van der Waals surface area contributed by atoms with Gasteiger partial charge in [-0.3, -0.25) is 4.79 Å². The highest BCUT2D eigenvalue weighted by atomic mass is 32.2. The predicted molar refractivity (Wildman–Crippen MR) is 97.5 cm³/mol. The minimum Gasteiger partial charge on any atom is -0.394 e. The van der Waals surface area contributed by atoms with Crippen LogP contribution in [0.15, 0.2) is 0 Å². The highest BCUT2D eigenvalue weighted by Gasteiger charge is 2.40. The lowest BCUT2D eigenvalue weighted by Crippen LogP contribution is -2.57. The first kappa shape index (κ1) is 23.0. The monoisotopic (exact) mass is 399 g/mol. The molecule has 0 aromatic carbocycles. The van der Waals surface area contributed by atoms with Crippen molar-refractivity contribution in [2.45, 2.75) is 42.3 Å². The maximum atomic E-state index is 11.6. The summed E-state index contributed by atoms with van der Waals surface area (Å²) in [5.74, 6) is 1.70. The molecule has 0 spiro atoms. The lowest BCUT2D eigenvalue weighted by atomic mass is 10.0. The minimum absolute atomic E-state index is 0.0111. The van der Waals surface area contributed by atoms with E-state index < -0.39 is 24.4 Å². The second-order valence-electron chi connectivity index (χ2n) is 5.51. The Morgan fingerprint density at radius 1 is 1.20 bits per heavy atom. The molecule has 0 radical (unpaired) electrons. The van der Waals surface area contributed by atoms with Crippen LogP contribution in [0, 0.1) is 0 Å². The molecule has 0 saturated carbocycles. The third kappa shape index (κ3) is 8.00. The summed E-state index contributed by atoms with van der Waals surface area (Å²) in [4.78, 5) is 11.6. The van der Waals surface area contributed by atoms with Gasteiger partial charge in [-0.15, -0.1) is 23.5 Å². The number of hydrogen-bond acceptors (Lipinski definition) is 9. The van der Waals surface area contributed by atoms with Crippen LogP contribution < -0.4 is 5.32 Å². The summed E-state index contributed by atoms with van der Waals surface area (Å²) in [5, 5.41) is 23.4. The SMILES string of the molecule is COCO[C@@H]([C@H](O)[C@@H](NC(C)=O)C1SCCCS1)[C@@H](CO)OCOC. The number of ether oxygens (including phenoxy) is 4. The summed E-state index contributed by atoms with van der Waals surface area (Å²) in [6, 6.07) is -0.546. The van der Waals surface area contributed by atoms with Crippen molar-refractivity contribution >= 4 is 29.4 Å². The minimum atomic E-state index is -1.09. The fraction of sp³-hybridized carbons (Fsp3) is 0.933. The molecule has 8 nitrogen and oxygen atoms in total. The van der Waals surface area contributed by atoms with E-state index in [0.717, 1.165) is 17.9 Å². The number of methoxy groups -OCH3 is 2. The van der Waals surface area contributed by atoms with Gasteiger partial charge in [0.25, 0.3) is 0 Å². The van der Waals surface area contributed by atoms with Gasteiger partial charge >= 0.3 is 0 Å². The van der Waals surface area contributed by atoms with Crippen molar-refractivity contribution in [1.82, 2.24) is 5.32 Å². The van der Waals surface area contributed by atoms with Crippen LogP contribution in [0.2, 0.25) is 0 Å². The van der Waals surface area contributed by atoms with Crippen molar-refractivity contribution in [3.63, 3.8) is 0 Å². The van der Waals surface area contributed by atoms with Crippen LogP contribution in [0.5, 0.6) is 0 Å². The number of rotatable bonds is 12. The molecule has 1 fully saturated rings. The summed E-state index contributed by atoms with van der Waals surface area (Å²) >= 11 is 3.39. The Balaban J connectivity index is 2.93. The zero-order valence-electron chi connectivity index (χ0n) is 14.9. The molecule has 3 N–H and O–H groups in total. The molecule has 1 aliphatic heterocycles. The number of carbonyl (C=O) groups excluding carboxylic acids is 1. The molecule has 1 saturated heterocycles. The van der Waals surface area contributed by atoms with Gasteiger partial charge in [0.2, 0.25) is 5.91 Å². The van der Waals surface area contributed by atoms with E-state index in [4.69, 9.17) is 18.9 Å². The van der Waals surface area contributed by atoms with E-state index in [9.17, 15) is 15.0 Å². The van der Waals surface area contributed by atoms with Crippen molar-refractivity contribution < 1.29 is 34.0 Å². The molecular weight excluding hydrogens is 370 g/mol. The number of amides is 1. The van der Waals surface area contributed by atoms with Crippen molar-refractivity contribution in [2.75, 3.05) is 45.9 Å². The van der Waals surface area contributed by atoms with Gasteiger partial charge in [0.05, 0.1) is 17.2 Å². The Bertz CT molecular complexity index is 372. The summed E-state index contributed by atoms with van der Waals surface area (Å²) in [7, 11) is 2.93. The number of nitrogens with one attached hydrogen (secondary N) is 1. The van der Waals surface area contributed by atoms with Crippen LogP contribution in [0.25, 0.3) is 0 Å². The van der Waals surface area contributed by atoms with Crippen molar-refractivity contribution in [1.29, 1.82) is 0 Å². The molecule has 0 aromatic rings. The lowest BCUT2D eigenvalue weighted by molar-refractivity contribution is -0.196. The van der Waals surface area contributed by atoms with Crippen molar-refractivity contribution in [3.05, 3.63) is 0 Å². The van der Waals surface area contributed by atoms with Crippen molar-refractivity contribution in [2.24, 2.45) is 0 Å². The van der Waals surface area contributed by atoms with Gasteiger partial charge in [-0.1, -0.05) is 0 Å². The summed E-state index contributed by atoms with van der Waals surface area (Å²) in [6.45, 7) is 0.912. The number of thioether (sulfide) groups is 2. The van der Waals surface area contributed by atoms with Gasteiger partial charge in [-0.2, -0.15) is 0 Å². The lowest BCUT2D eigenvalue weighted by Gasteiger charge is -2.38. The maximum Gasteiger partial charge on any atom is 0.217 e. The standard InChI is InChI=1S/C15H29NO7S2/c1-10(18)16-12(15-24-5-4-6-25-15)13(19)14(23-9-21-3)11(7-17)22-8-20-2/h11-15,17,19H,4-9H2,1-3H3,(H,16,18)/t11-,12-,13-,14-/m1/s1. The van der Waals surface area contributed by atoms with E-state index in [0.29, 0.717) is 0 Å². The molecule has 1 amide bonds. The molecule has 0 bridgehead atoms. The van der Waals surface area contributed by atoms with Gasteiger partial charge < -0.3 is 34.5 Å². The Kier molecular flexibility index (Phi) is 12.1. The smallest absolute Gasteiger partial charge is 0.217 e. The van der Waals surface area contributed by atoms with Crippen LogP contribution >= 0.6 is 23.5 Å². The van der Waals surface area contributed by atoms with E-state index in [1.807, 2.05) is 0 Å². The first-order valence-corrected chi connectivity index (χ1v) is 10.1. The Morgan fingerprint density at radius 2 is 1.80 bits per heavy atom. The van der Waals surface area contributed by atoms with Gasteiger partial charge in [0.15, 0.2) is 0 Å². The number of hydrogen-bond donors (Lipinski definition) is 3. The van der Waals surface area contributed by atoms with Crippen LogP contribution in [-0.4, -0.2) is 91.0 Å². The molecular formula is C15H29NO7S2. The molecule has 1 rings (SSSR count). The summed E-state index contributed by atoms with van der Waals surface area (Å²) < 4.78 is 20.8. The summed E-state index contributed by atoms with van der Waals surface area (Å²) in [6.07, 6.45) is -1.70. The Morgan fingerprint density at radius 3 is 2.32 bits per heavy atom. The number of aliphatic hydroxyl groups excluding tert-OH is 2. The van der Waals surface area contributed by atoms with E-state index in [-0.39, 0.29) is 30.7 Å². The van der Waals surface area contributed by atoms with E-state index in [1.54, 1.807) is 23.5 Å². The molecule has 1 aliphatic rings. The summed E-state index contributed by atoms with van der Waals surface area (Å²) in [5.41, 5.74) is 0. The topological polar surface area (TPSA) is 106 Å². The van der Waals surface area contributed by atoms with E-state index in [2.05, 4.69) is 5.32 Å². The molecule has 0 aromatic heterocycles. The average molecular weight is 400 g/mol. The molecule has 25 heavy (non-hydrogen) atoms. The average Bonchev–Trinajstić information content (AvgIpc) is 2.62. The largest absolute Gasteiger partial charge is 0.394 e. The molecule has 10 heteroatoms. The molecule has 148 valence electrons. The normalized spacial score (nSPS) is 20.7. The second-order valence-corrected chi connectivity index (χ2v) is 8.31. The Hall–Kier alpha value is -0.0700. The first-order valence-electron chi connectivity index (χ1n) is 8.05. The predicted octanol–water partition coefficient (Wildman–Crippen LogP) is 0.0187. The molecule has 0 unspecified atom stereocenters. The van der Waals surface area contributed by atoms with Crippen LogP contribution in [-0.2, 0) is 23.7 Å². The quantitative estimate of drug-likeness (QED) is 0.392. The van der Waals surface area contributed by atoms with Crippen molar-refractivity contribution in [3.8, 4) is 0 Å². The first-order chi connectivity index (χ1) is 12.0. The molecule has 4 atom stereocenters. The highest BCUT2D eigenvalue weighted by molar-refractivity contribution is 8.17. The third-order valence-electron chi connectivity index (χ3n) is 3.55. The van der Waals surface area contributed by atoms with Gasteiger partial charge in [-0.05, 0) is 17.9 Å².